The van der Waals surface area contributed by atoms with Gasteiger partial charge in [0.1, 0.15) is 16.3 Å². The zero-order valence-corrected chi connectivity index (χ0v) is 18.0. The zero-order chi connectivity index (χ0) is 20.9. The Morgan fingerprint density at radius 2 is 2.04 bits per heavy atom. The van der Waals surface area contributed by atoms with Crippen molar-refractivity contribution < 1.29 is 17.4 Å². The van der Waals surface area contributed by atoms with Gasteiger partial charge in [-0.3, -0.25) is 0 Å². The number of nitriles is 1. The smallest absolute Gasteiger partial charge is 0.331 e. The molecule has 2 aromatic heterocycles. The summed E-state index contributed by atoms with van der Waals surface area (Å²) >= 11 is 3.26. The van der Waals surface area contributed by atoms with E-state index in [-0.39, 0.29) is 12.1 Å². The number of alkyl halides is 3. The van der Waals surface area contributed by atoms with Gasteiger partial charge < -0.3 is 4.57 Å². The number of pyridine rings is 1. The summed E-state index contributed by atoms with van der Waals surface area (Å²) in [4.78, 5) is 4.33. The van der Waals surface area contributed by atoms with Crippen molar-refractivity contribution in [3.8, 4) is 6.07 Å². The minimum atomic E-state index is -4.65. The molecule has 28 heavy (non-hydrogen) atoms. The average Bonchev–Trinajstić information content (AvgIpc) is 3.27. The van der Waals surface area contributed by atoms with Gasteiger partial charge in [0.05, 0.1) is 27.2 Å². The van der Waals surface area contributed by atoms with Crippen LogP contribution >= 0.6 is 15.9 Å². The fourth-order valence-electron chi connectivity index (χ4n) is 2.89. The molecule has 0 aliphatic heterocycles. The number of hydrogen-bond acceptors (Lipinski definition) is 3. The number of nitrogens with one attached hydrogen (secondary N) is 1. The maximum absolute atomic E-state index is 13.9. The molecule has 1 fully saturated rings. The van der Waals surface area contributed by atoms with Crippen LogP contribution < -0.4 is 4.72 Å². The zero-order valence-electron chi connectivity index (χ0n) is 15.6. The lowest BCUT2D eigenvalue weighted by Gasteiger charge is -2.25. The molecule has 5 nitrogen and oxygen atoms in total. The first-order chi connectivity index (χ1) is 12.9. The molecular weight excluding hydrogens is 457 g/mol. The van der Waals surface area contributed by atoms with E-state index in [0.717, 1.165) is 0 Å². The maximum atomic E-state index is 13.9. The van der Waals surface area contributed by atoms with E-state index in [1.165, 1.54) is 6.20 Å². The van der Waals surface area contributed by atoms with E-state index in [1.54, 1.807) is 37.5 Å². The molecule has 0 spiro atoms. The van der Waals surface area contributed by atoms with Crippen LogP contribution in [0, 0.1) is 16.7 Å². The number of nitrogens with zero attached hydrogens (tertiary/aromatic N) is 3. The molecule has 2 atom stereocenters. The summed E-state index contributed by atoms with van der Waals surface area (Å²) in [6, 6.07) is 3.27. The number of halogens is 4. The summed E-state index contributed by atoms with van der Waals surface area (Å²) in [6.45, 7) is 5.09. The van der Waals surface area contributed by atoms with Crippen molar-refractivity contribution in [1.29, 1.82) is 5.26 Å². The minimum absolute atomic E-state index is 0.0474. The van der Waals surface area contributed by atoms with Crippen molar-refractivity contribution >= 4 is 37.9 Å². The standard InChI is InChI=1S/C18H20BrF3N4OS/c1-16(2,3)28(27)25-14(18(20,21)22)12-8-26(10-17(9-23)6-7-17)15-11(12)4-5-13(19)24-15/h4-5,8,14,25H,6-7,10H2,1-3H3. The third-order valence-electron chi connectivity index (χ3n) is 4.70. The molecule has 2 unspecified atom stereocenters. The highest BCUT2D eigenvalue weighted by Gasteiger charge is 2.46. The molecule has 0 amide bonds. The van der Waals surface area contributed by atoms with Gasteiger partial charge in [0.2, 0.25) is 0 Å². The minimum Gasteiger partial charge on any atom is -0.331 e. The summed E-state index contributed by atoms with van der Waals surface area (Å²) in [7, 11) is -1.92. The quantitative estimate of drug-likeness (QED) is 0.632. The maximum Gasteiger partial charge on any atom is 0.408 e. The van der Waals surface area contributed by atoms with Gasteiger partial charge in [-0.15, -0.1) is 0 Å². The van der Waals surface area contributed by atoms with E-state index in [9.17, 15) is 22.6 Å². The van der Waals surface area contributed by atoms with Crippen LogP contribution in [-0.4, -0.2) is 24.7 Å². The van der Waals surface area contributed by atoms with Crippen LogP contribution in [0.1, 0.15) is 45.2 Å². The fraction of sp³-hybridized carbons (Fsp3) is 0.556. The highest BCUT2D eigenvalue weighted by atomic mass is 79.9. The van der Waals surface area contributed by atoms with Crippen molar-refractivity contribution in [3.05, 3.63) is 28.5 Å². The van der Waals surface area contributed by atoms with Crippen LogP contribution in [0.25, 0.3) is 11.0 Å². The largest absolute Gasteiger partial charge is 0.408 e. The molecule has 1 N–H and O–H groups in total. The van der Waals surface area contributed by atoms with E-state index < -0.39 is 33.4 Å². The van der Waals surface area contributed by atoms with Gasteiger partial charge >= 0.3 is 6.18 Å². The molecular formula is C18H20BrF3N4OS. The number of hydrogen-bond donors (Lipinski definition) is 1. The van der Waals surface area contributed by atoms with Crippen LogP contribution in [0.4, 0.5) is 13.2 Å². The van der Waals surface area contributed by atoms with E-state index in [2.05, 4.69) is 31.7 Å². The van der Waals surface area contributed by atoms with E-state index in [4.69, 9.17) is 0 Å². The number of aromatic nitrogens is 2. The van der Waals surface area contributed by atoms with Gasteiger partial charge in [0.25, 0.3) is 0 Å². The van der Waals surface area contributed by atoms with E-state index in [1.807, 2.05) is 0 Å². The monoisotopic (exact) mass is 476 g/mol. The van der Waals surface area contributed by atoms with Crippen molar-refractivity contribution in [1.82, 2.24) is 14.3 Å². The van der Waals surface area contributed by atoms with Crippen LogP contribution in [-0.2, 0) is 17.5 Å². The van der Waals surface area contributed by atoms with Gasteiger partial charge in [0, 0.05) is 23.7 Å². The molecule has 10 heteroatoms. The second-order valence-corrected chi connectivity index (χ2v) is 10.9. The average molecular weight is 477 g/mol. The van der Waals surface area contributed by atoms with Crippen LogP contribution in [0.5, 0.6) is 0 Å². The summed E-state index contributed by atoms with van der Waals surface area (Å²) in [5, 5.41) is 9.69. The number of rotatable bonds is 5. The molecule has 1 saturated carbocycles. The summed E-state index contributed by atoms with van der Waals surface area (Å²) in [6.07, 6.45) is -1.85. The van der Waals surface area contributed by atoms with E-state index >= 15 is 0 Å². The molecule has 2 aromatic rings. The normalized spacial score (nSPS) is 18.6. The lowest BCUT2D eigenvalue weighted by atomic mass is 10.1. The molecule has 2 heterocycles. The SMILES string of the molecule is CC(C)(C)S(=O)NC(c1cn(CC2(C#N)CC2)c2nc(Br)ccc12)C(F)(F)F. The lowest BCUT2D eigenvalue weighted by molar-refractivity contribution is -0.152. The molecule has 3 rings (SSSR count). The first-order valence-corrected chi connectivity index (χ1v) is 10.6. The first kappa shape index (κ1) is 21.3. The van der Waals surface area contributed by atoms with Gasteiger partial charge in [-0.1, -0.05) is 0 Å². The summed E-state index contributed by atoms with van der Waals surface area (Å²) in [5.41, 5.74) is -0.236. The Bertz CT molecular complexity index is 970. The van der Waals surface area contributed by atoms with Crippen LogP contribution in [0.3, 0.4) is 0 Å². The second-order valence-electron chi connectivity index (χ2n) is 8.08. The first-order valence-electron chi connectivity index (χ1n) is 8.68. The lowest BCUT2D eigenvalue weighted by Crippen LogP contribution is -2.41. The Morgan fingerprint density at radius 1 is 1.39 bits per heavy atom. The molecule has 1 aliphatic carbocycles. The molecule has 0 bridgehead atoms. The Kier molecular flexibility index (Phi) is 5.40. The van der Waals surface area contributed by atoms with Gasteiger partial charge in [0.15, 0.2) is 0 Å². The topological polar surface area (TPSA) is 70.7 Å². The summed E-state index contributed by atoms with van der Waals surface area (Å²) < 4.78 is 57.6. The molecule has 0 radical (unpaired) electrons. The highest BCUT2D eigenvalue weighted by Crippen LogP contribution is 2.47. The van der Waals surface area contributed by atoms with E-state index in [0.29, 0.717) is 28.5 Å². The predicted molar refractivity (Wildman–Crippen MR) is 105 cm³/mol. The second kappa shape index (κ2) is 7.11. The van der Waals surface area contributed by atoms with Gasteiger partial charge in [-0.25, -0.2) is 13.9 Å². The Hall–Kier alpha value is -1.44. The molecule has 0 aromatic carbocycles. The summed E-state index contributed by atoms with van der Waals surface area (Å²) in [5.74, 6) is 0. The predicted octanol–water partition coefficient (Wildman–Crippen LogP) is 4.76. The highest BCUT2D eigenvalue weighted by molar-refractivity contribution is 9.10. The van der Waals surface area contributed by atoms with Crippen LogP contribution in [0.2, 0.25) is 0 Å². The third kappa shape index (κ3) is 4.26. The Morgan fingerprint density at radius 3 is 2.54 bits per heavy atom. The molecule has 152 valence electrons. The van der Waals surface area contributed by atoms with Gasteiger partial charge in [-0.2, -0.15) is 18.4 Å². The van der Waals surface area contributed by atoms with Crippen molar-refractivity contribution in [3.63, 3.8) is 0 Å². The molecule has 1 aliphatic rings. The van der Waals surface area contributed by atoms with Crippen molar-refractivity contribution in [2.24, 2.45) is 5.41 Å². The number of fused-ring (bicyclic) bond motifs is 1. The van der Waals surface area contributed by atoms with Crippen LogP contribution in [0.15, 0.2) is 22.9 Å². The fourth-order valence-corrected chi connectivity index (χ4v) is 4.02. The Labute approximate surface area is 172 Å². The van der Waals surface area contributed by atoms with Gasteiger partial charge in [-0.05, 0) is 61.7 Å². The third-order valence-corrected chi connectivity index (χ3v) is 6.71. The van der Waals surface area contributed by atoms with Crippen molar-refractivity contribution in [2.75, 3.05) is 0 Å². The van der Waals surface area contributed by atoms with Crippen molar-refractivity contribution in [2.45, 2.75) is 57.1 Å². The molecule has 0 saturated heterocycles. The Balaban J connectivity index is 2.11.